The highest BCUT2D eigenvalue weighted by Gasteiger charge is 2.30. The average Bonchev–Trinajstić information content (AvgIpc) is 3.03. The number of hydrogen-bond acceptors (Lipinski definition) is 3. The van der Waals surface area contributed by atoms with E-state index in [1.54, 1.807) is 17.4 Å². The molecule has 1 N–H and O–H groups in total. The third-order valence-corrected chi connectivity index (χ3v) is 5.54. The van der Waals surface area contributed by atoms with Crippen LogP contribution in [0.2, 0.25) is 0 Å². The summed E-state index contributed by atoms with van der Waals surface area (Å²) in [6.45, 7) is 4.07. The van der Waals surface area contributed by atoms with Gasteiger partial charge in [-0.15, -0.1) is 11.3 Å². The number of hydrogen-bond donors (Lipinski definition) is 1. The molecule has 0 atom stereocenters. The first-order valence-corrected chi connectivity index (χ1v) is 9.07. The molecule has 0 bridgehead atoms. The third kappa shape index (κ3) is 4.08. The molecule has 7 heteroatoms. The molecular formula is C20H17F3O3S. The van der Waals surface area contributed by atoms with Crippen molar-refractivity contribution in [2.45, 2.75) is 32.5 Å². The number of carboxylic acids is 1. The van der Waals surface area contributed by atoms with Crippen LogP contribution < -0.4 is 4.74 Å². The van der Waals surface area contributed by atoms with Crippen molar-refractivity contribution in [1.82, 2.24) is 0 Å². The zero-order valence-corrected chi connectivity index (χ0v) is 15.4. The summed E-state index contributed by atoms with van der Waals surface area (Å²) >= 11 is 1.57. The van der Waals surface area contributed by atoms with Crippen molar-refractivity contribution in [1.29, 1.82) is 0 Å². The molecule has 1 heterocycles. The van der Waals surface area contributed by atoms with Gasteiger partial charge >= 0.3 is 12.1 Å². The summed E-state index contributed by atoms with van der Waals surface area (Å²) in [4.78, 5) is 12.7. The monoisotopic (exact) mass is 394 g/mol. The van der Waals surface area contributed by atoms with Gasteiger partial charge in [-0.1, -0.05) is 26.0 Å². The minimum atomic E-state index is -4.40. The number of ether oxygens (including phenoxy) is 1. The molecular weight excluding hydrogens is 377 g/mol. The maximum absolute atomic E-state index is 12.7. The maximum Gasteiger partial charge on any atom is 0.416 e. The highest BCUT2D eigenvalue weighted by atomic mass is 32.1. The van der Waals surface area contributed by atoms with Crippen LogP contribution in [0.1, 0.15) is 46.1 Å². The number of alkyl halides is 3. The second kappa shape index (κ2) is 7.23. The lowest BCUT2D eigenvalue weighted by atomic mass is 10.1. The van der Waals surface area contributed by atoms with Crippen LogP contribution in [-0.2, 0) is 12.8 Å². The molecule has 2 aromatic carbocycles. The number of fused-ring (bicyclic) bond motifs is 1. The van der Waals surface area contributed by atoms with E-state index in [9.17, 15) is 23.1 Å². The van der Waals surface area contributed by atoms with Crippen LogP contribution >= 0.6 is 11.3 Å². The number of thiophene rings is 1. The Morgan fingerprint density at radius 1 is 1.15 bits per heavy atom. The summed E-state index contributed by atoms with van der Waals surface area (Å²) in [5.41, 5.74) is -0.183. The van der Waals surface area contributed by atoms with Gasteiger partial charge in [-0.3, -0.25) is 0 Å². The standard InChI is InChI=1S/C20H17F3O3S/c1-11(2)17-9-15-16(27-17)8-7-14(19(24)25)18(15)26-10-12-3-5-13(6-4-12)20(21,22)23/h3-9,11H,10H2,1-2H3,(H,24,25). The number of benzene rings is 2. The fourth-order valence-corrected chi connectivity index (χ4v) is 3.72. The Labute approximate surface area is 158 Å². The number of carbonyl (C=O) groups is 1. The van der Waals surface area contributed by atoms with Crippen LogP contribution in [0.5, 0.6) is 5.75 Å². The van der Waals surface area contributed by atoms with Gasteiger partial charge in [0.25, 0.3) is 0 Å². The number of carboxylic acid groups (broad SMARTS) is 1. The lowest BCUT2D eigenvalue weighted by Crippen LogP contribution is -2.06. The summed E-state index contributed by atoms with van der Waals surface area (Å²) in [5, 5.41) is 10.2. The van der Waals surface area contributed by atoms with Gasteiger partial charge in [-0.25, -0.2) is 4.79 Å². The van der Waals surface area contributed by atoms with E-state index in [1.165, 1.54) is 18.2 Å². The van der Waals surface area contributed by atoms with Crippen LogP contribution in [0.3, 0.4) is 0 Å². The highest BCUT2D eigenvalue weighted by Crippen LogP contribution is 2.38. The van der Waals surface area contributed by atoms with E-state index in [2.05, 4.69) is 0 Å². The first kappa shape index (κ1) is 19.2. The van der Waals surface area contributed by atoms with Gasteiger partial charge in [0.15, 0.2) is 0 Å². The molecule has 3 aromatic rings. The quantitative estimate of drug-likeness (QED) is 0.551. The fourth-order valence-electron chi connectivity index (χ4n) is 2.66. The predicted molar refractivity (Wildman–Crippen MR) is 98.6 cm³/mol. The van der Waals surface area contributed by atoms with Crippen LogP contribution in [0.25, 0.3) is 10.1 Å². The van der Waals surface area contributed by atoms with Gasteiger partial charge in [-0.05, 0) is 41.8 Å². The number of rotatable bonds is 5. The van der Waals surface area contributed by atoms with E-state index in [0.717, 1.165) is 21.7 Å². The van der Waals surface area contributed by atoms with Crippen molar-refractivity contribution < 1.29 is 27.8 Å². The van der Waals surface area contributed by atoms with E-state index >= 15 is 0 Å². The molecule has 1 aromatic heterocycles. The smallest absolute Gasteiger partial charge is 0.416 e. The van der Waals surface area contributed by atoms with Gasteiger partial charge in [0.1, 0.15) is 17.9 Å². The van der Waals surface area contributed by atoms with Crippen LogP contribution in [0, 0.1) is 0 Å². The molecule has 3 rings (SSSR count). The zero-order chi connectivity index (χ0) is 19.8. The normalized spacial score (nSPS) is 11.9. The highest BCUT2D eigenvalue weighted by molar-refractivity contribution is 7.19. The summed E-state index contributed by atoms with van der Waals surface area (Å²) in [6, 6.07) is 9.79. The van der Waals surface area contributed by atoms with Crippen molar-refractivity contribution in [3.63, 3.8) is 0 Å². The van der Waals surface area contributed by atoms with E-state index in [1.807, 2.05) is 19.9 Å². The first-order valence-electron chi connectivity index (χ1n) is 8.25. The lowest BCUT2D eigenvalue weighted by molar-refractivity contribution is -0.137. The van der Waals surface area contributed by atoms with E-state index in [0.29, 0.717) is 16.9 Å². The number of halogens is 3. The van der Waals surface area contributed by atoms with Crippen LogP contribution in [0.15, 0.2) is 42.5 Å². The van der Waals surface area contributed by atoms with Gasteiger partial charge < -0.3 is 9.84 Å². The molecule has 0 aliphatic carbocycles. The summed E-state index contributed by atoms with van der Waals surface area (Å²) in [5.74, 6) is -0.585. The Balaban J connectivity index is 1.93. The van der Waals surface area contributed by atoms with Gasteiger partial charge in [-0.2, -0.15) is 13.2 Å². The molecule has 3 nitrogen and oxygen atoms in total. The summed E-state index contributed by atoms with van der Waals surface area (Å²) in [7, 11) is 0. The second-order valence-corrected chi connectivity index (χ2v) is 7.56. The molecule has 0 saturated heterocycles. The fraction of sp³-hybridized carbons (Fsp3) is 0.250. The molecule has 0 aliphatic heterocycles. The average molecular weight is 394 g/mol. The molecule has 0 radical (unpaired) electrons. The number of aromatic carboxylic acids is 1. The van der Waals surface area contributed by atoms with E-state index in [-0.39, 0.29) is 17.9 Å². The molecule has 0 aliphatic rings. The third-order valence-electron chi connectivity index (χ3n) is 4.13. The molecule has 27 heavy (non-hydrogen) atoms. The van der Waals surface area contributed by atoms with Gasteiger partial charge in [0.2, 0.25) is 0 Å². The Bertz CT molecular complexity index is 973. The van der Waals surface area contributed by atoms with Gasteiger partial charge in [0, 0.05) is 15.0 Å². The van der Waals surface area contributed by atoms with Crippen molar-refractivity contribution in [3.05, 3.63) is 64.0 Å². The van der Waals surface area contributed by atoms with Crippen molar-refractivity contribution >= 4 is 27.4 Å². The molecule has 142 valence electrons. The van der Waals surface area contributed by atoms with E-state index < -0.39 is 17.7 Å². The minimum absolute atomic E-state index is 0.0234. The Hall–Kier alpha value is -2.54. The summed E-state index contributed by atoms with van der Waals surface area (Å²) < 4.78 is 44.6. The Morgan fingerprint density at radius 2 is 1.81 bits per heavy atom. The predicted octanol–water partition coefficient (Wildman–Crippen LogP) is 6.32. The second-order valence-electron chi connectivity index (χ2n) is 6.45. The molecule has 0 spiro atoms. The summed E-state index contributed by atoms with van der Waals surface area (Å²) in [6.07, 6.45) is -4.40. The Morgan fingerprint density at radius 3 is 2.37 bits per heavy atom. The molecule has 0 fully saturated rings. The van der Waals surface area contributed by atoms with Crippen molar-refractivity contribution in [2.24, 2.45) is 0 Å². The van der Waals surface area contributed by atoms with Gasteiger partial charge in [0.05, 0.1) is 5.56 Å². The SMILES string of the molecule is CC(C)c1cc2c(OCc3ccc(C(F)(F)F)cc3)c(C(=O)O)ccc2s1. The topological polar surface area (TPSA) is 46.5 Å². The van der Waals surface area contributed by atoms with Crippen LogP contribution in [-0.4, -0.2) is 11.1 Å². The van der Waals surface area contributed by atoms with Crippen molar-refractivity contribution in [2.75, 3.05) is 0 Å². The van der Waals surface area contributed by atoms with E-state index in [4.69, 9.17) is 4.74 Å². The molecule has 0 amide bonds. The zero-order valence-electron chi connectivity index (χ0n) is 14.6. The first-order chi connectivity index (χ1) is 12.7. The van der Waals surface area contributed by atoms with Crippen molar-refractivity contribution in [3.8, 4) is 5.75 Å². The molecule has 0 unspecified atom stereocenters. The lowest BCUT2D eigenvalue weighted by Gasteiger charge is -2.12. The van der Waals surface area contributed by atoms with Crippen LogP contribution in [0.4, 0.5) is 13.2 Å². The maximum atomic E-state index is 12.7. The Kier molecular flexibility index (Phi) is 5.15. The largest absolute Gasteiger partial charge is 0.487 e. The molecule has 0 saturated carbocycles. The minimum Gasteiger partial charge on any atom is -0.487 e.